The molecule has 5 heteroatoms. The van der Waals surface area contributed by atoms with E-state index < -0.39 is 0 Å². The van der Waals surface area contributed by atoms with Crippen LogP contribution in [0.2, 0.25) is 0 Å². The lowest BCUT2D eigenvalue weighted by Crippen LogP contribution is -2.16. The number of fused-ring (bicyclic) bond motifs is 1. The molecule has 0 aliphatic carbocycles. The molecule has 1 saturated heterocycles. The van der Waals surface area contributed by atoms with Crippen LogP contribution >= 0.6 is 0 Å². The summed E-state index contributed by atoms with van der Waals surface area (Å²) < 4.78 is 7.93. The molecule has 1 aliphatic heterocycles. The zero-order valence-corrected chi connectivity index (χ0v) is 11.6. The molecule has 3 aromatic rings. The van der Waals surface area contributed by atoms with Crippen molar-refractivity contribution in [1.29, 1.82) is 0 Å². The summed E-state index contributed by atoms with van der Waals surface area (Å²) in [5.41, 5.74) is 2.83. The van der Waals surface area contributed by atoms with E-state index in [1.54, 1.807) is 6.20 Å². The van der Waals surface area contributed by atoms with Gasteiger partial charge in [0.15, 0.2) is 5.65 Å². The first-order chi connectivity index (χ1) is 10.4. The summed E-state index contributed by atoms with van der Waals surface area (Å²) in [4.78, 5) is 13.4. The van der Waals surface area contributed by atoms with Crippen LogP contribution in [0.25, 0.3) is 22.6 Å². The topological polar surface area (TPSA) is 52.8 Å². The standard InChI is InChI=1S/C16H16N4O/c1-4-12(10-17-7-1)15-19-14-6-2-8-18-16(14)20(15)11-13-5-3-9-21-13/h1-2,4,6-8,10,13H,3,5,9,11H2. The van der Waals surface area contributed by atoms with Gasteiger partial charge in [0.05, 0.1) is 12.6 Å². The van der Waals surface area contributed by atoms with Gasteiger partial charge in [-0.3, -0.25) is 4.98 Å². The van der Waals surface area contributed by atoms with E-state index in [1.807, 2.05) is 36.7 Å². The maximum Gasteiger partial charge on any atom is 0.160 e. The van der Waals surface area contributed by atoms with Gasteiger partial charge in [0.1, 0.15) is 11.3 Å². The monoisotopic (exact) mass is 280 g/mol. The Hall–Kier alpha value is -2.27. The van der Waals surface area contributed by atoms with Gasteiger partial charge in [0, 0.05) is 30.8 Å². The molecule has 0 saturated carbocycles. The van der Waals surface area contributed by atoms with Gasteiger partial charge in [-0.15, -0.1) is 0 Å². The fourth-order valence-electron chi connectivity index (χ4n) is 2.84. The molecule has 0 amide bonds. The lowest BCUT2D eigenvalue weighted by Gasteiger charge is -2.13. The molecule has 1 aliphatic rings. The fraction of sp³-hybridized carbons (Fsp3) is 0.312. The predicted molar refractivity (Wildman–Crippen MR) is 79.7 cm³/mol. The van der Waals surface area contributed by atoms with Gasteiger partial charge in [0.2, 0.25) is 0 Å². The molecule has 0 spiro atoms. The Morgan fingerprint density at radius 2 is 2.19 bits per heavy atom. The van der Waals surface area contributed by atoms with Gasteiger partial charge in [-0.1, -0.05) is 0 Å². The molecule has 106 valence electrons. The third-order valence-electron chi connectivity index (χ3n) is 3.83. The fourth-order valence-corrected chi connectivity index (χ4v) is 2.84. The zero-order valence-electron chi connectivity index (χ0n) is 11.6. The Kier molecular flexibility index (Phi) is 3.12. The Labute approximate surface area is 122 Å². The van der Waals surface area contributed by atoms with E-state index in [0.717, 1.165) is 48.5 Å². The van der Waals surface area contributed by atoms with E-state index in [-0.39, 0.29) is 6.10 Å². The Morgan fingerprint density at radius 1 is 1.24 bits per heavy atom. The summed E-state index contributed by atoms with van der Waals surface area (Å²) in [6, 6.07) is 7.87. The number of nitrogens with zero attached hydrogens (tertiary/aromatic N) is 4. The molecule has 3 aromatic heterocycles. The minimum absolute atomic E-state index is 0.250. The number of hydrogen-bond donors (Lipinski definition) is 0. The van der Waals surface area contributed by atoms with Crippen LogP contribution in [0, 0.1) is 0 Å². The Morgan fingerprint density at radius 3 is 3.00 bits per heavy atom. The maximum absolute atomic E-state index is 5.77. The molecule has 0 radical (unpaired) electrons. The predicted octanol–water partition coefficient (Wildman–Crippen LogP) is 2.67. The van der Waals surface area contributed by atoms with Crippen LogP contribution in [0.3, 0.4) is 0 Å². The summed E-state index contributed by atoms with van der Waals surface area (Å²) in [6.07, 6.45) is 7.90. The van der Waals surface area contributed by atoms with E-state index in [9.17, 15) is 0 Å². The molecule has 0 aromatic carbocycles. The summed E-state index contributed by atoms with van der Waals surface area (Å²) in [7, 11) is 0. The van der Waals surface area contributed by atoms with Crippen molar-refractivity contribution in [3.8, 4) is 11.4 Å². The molecule has 1 unspecified atom stereocenters. The first-order valence-corrected chi connectivity index (χ1v) is 7.25. The highest BCUT2D eigenvalue weighted by atomic mass is 16.5. The van der Waals surface area contributed by atoms with Crippen molar-refractivity contribution in [2.75, 3.05) is 6.61 Å². The number of aromatic nitrogens is 4. The van der Waals surface area contributed by atoms with E-state index in [1.165, 1.54) is 0 Å². The highest BCUT2D eigenvalue weighted by Crippen LogP contribution is 2.25. The Balaban J connectivity index is 1.84. The number of ether oxygens (including phenoxy) is 1. The van der Waals surface area contributed by atoms with Crippen molar-refractivity contribution in [2.24, 2.45) is 0 Å². The van der Waals surface area contributed by atoms with Crippen molar-refractivity contribution in [3.63, 3.8) is 0 Å². The number of hydrogen-bond acceptors (Lipinski definition) is 4. The number of imidazole rings is 1. The molecule has 4 rings (SSSR count). The van der Waals surface area contributed by atoms with Gasteiger partial charge in [-0.05, 0) is 37.1 Å². The lowest BCUT2D eigenvalue weighted by molar-refractivity contribution is 0.0981. The summed E-state index contributed by atoms with van der Waals surface area (Å²) in [5, 5.41) is 0. The molecule has 5 nitrogen and oxygen atoms in total. The number of pyridine rings is 2. The van der Waals surface area contributed by atoms with Crippen LogP contribution in [0.4, 0.5) is 0 Å². The van der Waals surface area contributed by atoms with E-state index >= 15 is 0 Å². The van der Waals surface area contributed by atoms with Gasteiger partial charge in [0.25, 0.3) is 0 Å². The lowest BCUT2D eigenvalue weighted by atomic mass is 10.2. The van der Waals surface area contributed by atoms with Crippen LogP contribution in [0.15, 0.2) is 42.9 Å². The quantitative estimate of drug-likeness (QED) is 0.740. The molecule has 0 N–H and O–H groups in total. The van der Waals surface area contributed by atoms with Gasteiger partial charge in [-0.25, -0.2) is 9.97 Å². The summed E-state index contributed by atoms with van der Waals surface area (Å²) >= 11 is 0. The third kappa shape index (κ3) is 2.29. The molecule has 0 bridgehead atoms. The minimum atomic E-state index is 0.250. The first kappa shape index (κ1) is 12.5. The molecule has 1 fully saturated rings. The van der Waals surface area contributed by atoms with E-state index in [4.69, 9.17) is 9.72 Å². The van der Waals surface area contributed by atoms with Gasteiger partial charge >= 0.3 is 0 Å². The maximum atomic E-state index is 5.77. The van der Waals surface area contributed by atoms with E-state index in [2.05, 4.69) is 14.5 Å². The Bertz CT molecular complexity index is 747. The van der Waals surface area contributed by atoms with Crippen molar-refractivity contribution in [2.45, 2.75) is 25.5 Å². The highest BCUT2D eigenvalue weighted by Gasteiger charge is 2.20. The van der Waals surface area contributed by atoms with Crippen molar-refractivity contribution in [3.05, 3.63) is 42.9 Å². The van der Waals surface area contributed by atoms with Crippen LogP contribution in [-0.4, -0.2) is 32.2 Å². The summed E-state index contributed by atoms with van der Waals surface area (Å²) in [5.74, 6) is 0.910. The molecule has 4 heterocycles. The van der Waals surface area contributed by atoms with Crippen molar-refractivity contribution < 1.29 is 4.74 Å². The SMILES string of the molecule is c1cncc(-c2nc3cccnc3n2CC2CCCO2)c1. The second-order valence-corrected chi connectivity index (χ2v) is 5.27. The smallest absolute Gasteiger partial charge is 0.160 e. The van der Waals surface area contributed by atoms with Crippen molar-refractivity contribution >= 4 is 11.2 Å². The molecule has 1 atom stereocenters. The second kappa shape index (κ2) is 5.26. The van der Waals surface area contributed by atoms with Crippen LogP contribution in [0.1, 0.15) is 12.8 Å². The summed E-state index contributed by atoms with van der Waals surface area (Å²) in [6.45, 7) is 1.64. The molecular formula is C16H16N4O. The van der Waals surface area contributed by atoms with Crippen LogP contribution in [0.5, 0.6) is 0 Å². The number of rotatable bonds is 3. The van der Waals surface area contributed by atoms with Crippen LogP contribution in [-0.2, 0) is 11.3 Å². The molecule has 21 heavy (non-hydrogen) atoms. The molecular weight excluding hydrogens is 264 g/mol. The zero-order chi connectivity index (χ0) is 14.1. The van der Waals surface area contributed by atoms with Crippen LogP contribution < -0.4 is 0 Å². The van der Waals surface area contributed by atoms with Gasteiger partial charge in [-0.2, -0.15) is 0 Å². The minimum Gasteiger partial charge on any atom is -0.376 e. The normalized spacial score (nSPS) is 18.4. The second-order valence-electron chi connectivity index (χ2n) is 5.27. The third-order valence-corrected chi connectivity index (χ3v) is 3.83. The average molecular weight is 280 g/mol. The van der Waals surface area contributed by atoms with Gasteiger partial charge < -0.3 is 9.30 Å². The average Bonchev–Trinajstić information content (AvgIpc) is 3.17. The van der Waals surface area contributed by atoms with E-state index in [0.29, 0.717) is 0 Å². The first-order valence-electron chi connectivity index (χ1n) is 7.25. The highest BCUT2D eigenvalue weighted by molar-refractivity contribution is 5.76. The largest absolute Gasteiger partial charge is 0.376 e. The van der Waals surface area contributed by atoms with Crippen molar-refractivity contribution in [1.82, 2.24) is 19.5 Å².